The molecule has 0 atom stereocenters. The summed E-state index contributed by atoms with van der Waals surface area (Å²) in [5.74, 6) is 0.792. The van der Waals surface area contributed by atoms with Crippen LogP contribution in [0.15, 0.2) is 36.4 Å². The summed E-state index contributed by atoms with van der Waals surface area (Å²) in [6.45, 7) is 6.82. The smallest absolute Gasteiger partial charge is 0.491 e. The van der Waals surface area contributed by atoms with Gasteiger partial charge in [0.2, 0.25) is 0 Å². The molecule has 0 heterocycles. The lowest BCUT2D eigenvalue weighted by Gasteiger charge is -2.38. The summed E-state index contributed by atoms with van der Waals surface area (Å²) >= 11 is 0. The van der Waals surface area contributed by atoms with Crippen LogP contribution in [0.1, 0.15) is 27.7 Å². The van der Waals surface area contributed by atoms with Crippen molar-refractivity contribution in [2.24, 2.45) is 0 Å². The van der Waals surface area contributed by atoms with Crippen LogP contribution in [0.5, 0.6) is 5.75 Å². The van der Waals surface area contributed by atoms with Crippen molar-refractivity contribution in [2.45, 2.75) is 38.9 Å². The highest BCUT2D eigenvalue weighted by Crippen LogP contribution is 2.26. The van der Waals surface area contributed by atoms with E-state index in [1.165, 1.54) is 0 Å². The van der Waals surface area contributed by atoms with Gasteiger partial charge in [0.25, 0.3) is 0 Å². The predicted molar refractivity (Wildman–Crippen MR) is 89.6 cm³/mol. The molecule has 2 rings (SSSR count). The molecule has 22 heavy (non-hydrogen) atoms. The van der Waals surface area contributed by atoms with Gasteiger partial charge in [-0.2, -0.15) is 0 Å². The Morgan fingerprint density at radius 1 is 0.955 bits per heavy atom. The van der Waals surface area contributed by atoms with E-state index >= 15 is 0 Å². The second kappa shape index (κ2) is 5.91. The fraction of sp³-hybridized carbons (Fsp3) is 0.412. The molecule has 0 aliphatic carbocycles. The van der Waals surface area contributed by atoms with Crippen LogP contribution in [0.3, 0.4) is 0 Å². The number of benzene rings is 2. The molecule has 2 aromatic carbocycles. The van der Waals surface area contributed by atoms with E-state index in [9.17, 15) is 10.1 Å². The monoisotopic (exact) mass is 302 g/mol. The third-order valence-electron chi connectivity index (χ3n) is 4.24. The molecule has 0 fully saturated rings. The number of ether oxygens (including phenoxy) is 1. The lowest BCUT2D eigenvalue weighted by Crippen LogP contribution is -2.53. The Balaban J connectivity index is 2.27. The Bertz CT molecular complexity index is 661. The average molecular weight is 302 g/mol. The first-order valence-corrected chi connectivity index (χ1v) is 7.30. The van der Waals surface area contributed by atoms with Crippen molar-refractivity contribution in [1.29, 1.82) is 0 Å². The molecule has 0 amide bonds. The number of fused-ring (bicyclic) bond motifs is 1. The van der Waals surface area contributed by atoms with E-state index in [-0.39, 0.29) is 0 Å². The van der Waals surface area contributed by atoms with Crippen molar-refractivity contribution in [1.82, 2.24) is 0 Å². The summed E-state index contributed by atoms with van der Waals surface area (Å²) in [5, 5.41) is 22.5. The van der Waals surface area contributed by atoms with E-state index in [0.29, 0.717) is 5.46 Å². The maximum atomic E-state index is 10.3. The highest BCUT2D eigenvalue weighted by molar-refractivity contribution is 6.60. The first-order chi connectivity index (χ1) is 10.1. The Kier molecular flexibility index (Phi) is 4.52. The average Bonchev–Trinajstić information content (AvgIpc) is 2.44. The molecule has 0 bridgehead atoms. The summed E-state index contributed by atoms with van der Waals surface area (Å²) in [6, 6.07) is 11.3. The van der Waals surface area contributed by atoms with Crippen molar-refractivity contribution >= 4 is 23.4 Å². The molecule has 0 aliphatic rings. The molecule has 2 aromatic rings. The maximum absolute atomic E-state index is 10.3. The molecular formula is C17H23BO4. The van der Waals surface area contributed by atoms with Gasteiger partial charge in [-0.15, -0.1) is 0 Å². The van der Waals surface area contributed by atoms with E-state index in [1.54, 1.807) is 34.8 Å². The SMILES string of the molecule is COc1ccc2cc(B(O)OC(C)(C)C(C)(C)O)ccc2c1. The van der Waals surface area contributed by atoms with Crippen LogP contribution in [-0.2, 0) is 4.65 Å². The summed E-state index contributed by atoms with van der Waals surface area (Å²) < 4.78 is 10.9. The quantitative estimate of drug-likeness (QED) is 0.831. The van der Waals surface area contributed by atoms with Crippen LogP contribution in [0, 0.1) is 0 Å². The van der Waals surface area contributed by atoms with E-state index in [1.807, 2.05) is 36.4 Å². The largest absolute Gasteiger partial charge is 0.497 e. The molecular weight excluding hydrogens is 279 g/mol. The number of methoxy groups -OCH3 is 1. The van der Waals surface area contributed by atoms with Crippen LogP contribution in [0.4, 0.5) is 0 Å². The van der Waals surface area contributed by atoms with Crippen LogP contribution in [0.25, 0.3) is 10.8 Å². The maximum Gasteiger partial charge on any atom is 0.491 e. The van der Waals surface area contributed by atoms with Crippen molar-refractivity contribution < 1.29 is 19.5 Å². The lowest BCUT2D eigenvalue weighted by atomic mass is 9.76. The normalized spacial score (nSPS) is 12.5. The molecule has 0 aliphatic heterocycles. The van der Waals surface area contributed by atoms with Crippen LogP contribution >= 0.6 is 0 Å². The Morgan fingerprint density at radius 3 is 2.14 bits per heavy atom. The standard InChI is InChI=1S/C17H23BO4/c1-16(2,19)17(3,4)22-18(20)14-8-6-13-11-15(21-5)9-7-12(13)10-14/h6-11,19-20H,1-5H3. The van der Waals surface area contributed by atoms with E-state index in [2.05, 4.69) is 0 Å². The van der Waals surface area contributed by atoms with Crippen LogP contribution in [-0.4, -0.2) is 35.6 Å². The Hall–Kier alpha value is -1.56. The van der Waals surface area contributed by atoms with Gasteiger partial charge in [-0.05, 0) is 56.1 Å². The molecule has 0 saturated carbocycles. The number of rotatable bonds is 5. The molecule has 0 saturated heterocycles. The zero-order valence-corrected chi connectivity index (χ0v) is 13.8. The Morgan fingerprint density at radius 2 is 1.55 bits per heavy atom. The van der Waals surface area contributed by atoms with Crippen molar-refractivity contribution in [2.75, 3.05) is 7.11 Å². The second-order valence-corrected chi connectivity index (χ2v) is 6.51. The fourth-order valence-corrected chi connectivity index (χ4v) is 2.01. The topological polar surface area (TPSA) is 58.9 Å². The van der Waals surface area contributed by atoms with Crippen molar-refractivity contribution in [3.05, 3.63) is 36.4 Å². The third kappa shape index (κ3) is 3.43. The highest BCUT2D eigenvalue weighted by Gasteiger charge is 2.39. The molecule has 0 unspecified atom stereocenters. The summed E-state index contributed by atoms with van der Waals surface area (Å²) in [5.41, 5.74) is -1.31. The van der Waals surface area contributed by atoms with E-state index < -0.39 is 18.3 Å². The number of hydrogen-bond donors (Lipinski definition) is 2. The highest BCUT2D eigenvalue weighted by atomic mass is 16.5. The third-order valence-corrected chi connectivity index (χ3v) is 4.24. The first kappa shape index (κ1) is 16.8. The zero-order chi connectivity index (χ0) is 16.5. The van der Waals surface area contributed by atoms with Gasteiger partial charge < -0.3 is 19.5 Å². The summed E-state index contributed by atoms with van der Waals surface area (Å²) in [7, 11) is 0.527. The van der Waals surface area contributed by atoms with Gasteiger partial charge in [0.15, 0.2) is 0 Å². The fourth-order valence-electron chi connectivity index (χ4n) is 2.01. The first-order valence-electron chi connectivity index (χ1n) is 7.30. The van der Waals surface area contributed by atoms with E-state index in [0.717, 1.165) is 16.5 Å². The number of hydrogen-bond acceptors (Lipinski definition) is 4. The number of aliphatic hydroxyl groups is 1. The summed E-state index contributed by atoms with van der Waals surface area (Å²) in [4.78, 5) is 0. The van der Waals surface area contributed by atoms with Gasteiger partial charge in [-0.1, -0.05) is 24.3 Å². The molecule has 0 spiro atoms. The van der Waals surface area contributed by atoms with Gasteiger partial charge in [-0.25, -0.2) is 0 Å². The molecule has 0 aromatic heterocycles. The summed E-state index contributed by atoms with van der Waals surface area (Å²) in [6.07, 6.45) is 0. The molecule has 2 N–H and O–H groups in total. The zero-order valence-electron chi connectivity index (χ0n) is 13.8. The predicted octanol–water partition coefficient (Wildman–Crippen LogP) is 2.10. The van der Waals surface area contributed by atoms with Crippen molar-refractivity contribution in [3.8, 4) is 5.75 Å². The molecule has 118 valence electrons. The second-order valence-electron chi connectivity index (χ2n) is 6.51. The van der Waals surface area contributed by atoms with Gasteiger partial charge in [0, 0.05) is 0 Å². The lowest BCUT2D eigenvalue weighted by molar-refractivity contribution is -0.0982. The van der Waals surface area contributed by atoms with Crippen LogP contribution < -0.4 is 10.2 Å². The molecule has 5 heteroatoms. The van der Waals surface area contributed by atoms with Gasteiger partial charge in [0.1, 0.15) is 5.75 Å². The molecule has 0 radical (unpaired) electrons. The molecule has 4 nitrogen and oxygen atoms in total. The van der Waals surface area contributed by atoms with Gasteiger partial charge in [0.05, 0.1) is 18.3 Å². The van der Waals surface area contributed by atoms with Gasteiger partial charge in [-0.3, -0.25) is 0 Å². The minimum absolute atomic E-state index is 0.648. The Labute approximate surface area is 131 Å². The van der Waals surface area contributed by atoms with Crippen LogP contribution in [0.2, 0.25) is 0 Å². The van der Waals surface area contributed by atoms with Gasteiger partial charge >= 0.3 is 7.12 Å². The minimum Gasteiger partial charge on any atom is -0.497 e. The van der Waals surface area contributed by atoms with E-state index in [4.69, 9.17) is 9.39 Å². The van der Waals surface area contributed by atoms with Crippen molar-refractivity contribution in [3.63, 3.8) is 0 Å². The minimum atomic E-state index is -1.10.